The van der Waals surface area contributed by atoms with Gasteiger partial charge in [0.05, 0.1) is 4.92 Å². The highest BCUT2D eigenvalue weighted by atomic mass is 32.2. The van der Waals surface area contributed by atoms with Gasteiger partial charge in [-0.05, 0) is 22.0 Å². The lowest BCUT2D eigenvalue weighted by Crippen LogP contribution is -1.93. The minimum absolute atomic E-state index is 0.0242. The van der Waals surface area contributed by atoms with Crippen LogP contribution in [0.3, 0.4) is 0 Å². The highest BCUT2D eigenvalue weighted by Gasteiger charge is 2.21. The summed E-state index contributed by atoms with van der Waals surface area (Å²) in [4.78, 5) is 24.6. The molecule has 1 aromatic heterocycles. The Bertz CT molecular complexity index is 637. The zero-order chi connectivity index (χ0) is 14.0. The first kappa shape index (κ1) is 13.0. The van der Waals surface area contributed by atoms with Gasteiger partial charge in [0.2, 0.25) is 6.33 Å². The fourth-order valence-electron chi connectivity index (χ4n) is 1.40. The molecule has 0 bridgehead atoms. The number of rotatable bonds is 4. The summed E-state index contributed by atoms with van der Waals surface area (Å²) in [5, 5.41) is 21.7. The van der Waals surface area contributed by atoms with E-state index in [-0.39, 0.29) is 11.5 Å². The van der Waals surface area contributed by atoms with Gasteiger partial charge in [-0.3, -0.25) is 10.1 Å². The van der Waals surface area contributed by atoms with Crippen LogP contribution in [0.15, 0.2) is 40.5 Å². The largest absolute Gasteiger partial charge is 0.396 e. The lowest BCUT2D eigenvalue weighted by atomic mass is 10.3. The van der Waals surface area contributed by atoms with E-state index < -0.39 is 9.85 Å². The summed E-state index contributed by atoms with van der Waals surface area (Å²) in [6.07, 6.45) is 1.35. The fourth-order valence-corrected chi connectivity index (χ4v) is 2.30. The zero-order valence-corrected chi connectivity index (χ0v) is 10.5. The molecule has 19 heavy (non-hydrogen) atoms. The van der Waals surface area contributed by atoms with Crippen LogP contribution in [0.2, 0.25) is 0 Å². The maximum absolute atomic E-state index is 10.8. The van der Waals surface area contributed by atoms with E-state index >= 15 is 0 Å². The second-order valence-corrected chi connectivity index (χ2v) is 4.66. The summed E-state index contributed by atoms with van der Waals surface area (Å²) in [5.74, 6) is -0.231. The number of aromatic nitrogens is 2. The second-order valence-electron chi connectivity index (χ2n) is 3.59. The van der Waals surface area contributed by atoms with Crippen LogP contribution in [0.1, 0.15) is 0 Å². The average Bonchev–Trinajstić information content (AvgIpc) is 2.72. The van der Waals surface area contributed by atoms with Crippen molar-refractivity contribution in [3.63, 3.8) is 0 Å². The van der Waals surface area contributed by atoms with Crippen molar-refractivity contribution in [2.24, 2.45) is 7.05 Å². The molecular weight excluding hydrogens is 272 g/mol. The average molecular weight is 280 g/mol. The SMILES string of the molecule is Cn1cnc([N+](=O)[O-])c1Sc1ccc([N+](=O)[O-])cc1. The molecule has 98 valence electrons. The van der Waals surface area contributed by atoms with Gasteiger partial charge in [0.1, 0.15) is 0 Å². The Hall–Kier alpha value is -2.42. The third-order valence-electron chi connectivity index (χ3n) is 2.30. The Morgan fingerprint density at radius 3 is 2.32 bits per heavy atom. The van der Waals surface area contributed by atoms with Crippen LogP contribution in [-0.4, -0.2) is 19.4 Å². The van der Waals surface area contributed by atoms with E-state index in [1.807, 2.05) is 0 Å². The first-order valence-electron chi connectivity index (χ1n) is 5.07. The molecule has 2 rings (SSSR count). The Balaban J connectivity index is 2.28. The second kappa shape index (κ2) is 5.06. The molecule has 0 spiro atoms. The zero-order valence-electron chi connectivity index (χ0n) is 9.72. The van der Waals surface area contributed by atoms with E-state index in [9.17, 15) is 20.2 Å². The topological polar surface area (TPSA) is 104 Å². The molecule has 0 N–H and O–H groups in total. The van der Waals surface area contributed by atoms with Crippen molar-refractivity contribution in [2.45, 2.75) is 9.92 Å². The van der Waals surface area contributed by atoms with Gasteiger partial charge in [-0.15, -0.1) is 0 Å². The van der Waals surface area contributed by atoms with E-state index in [1.54, 1.807) is 19.2 Å². The van der Waals surface area contributed by atoms with Gasteiger partial charge in [-0.1, -0.05) is 11.8 Å². The Morgan fingerprint density at radius 2 is 1.79 bits per heavy atom. The van der Waals surface area contributed by atoms with Crippen LogP contribution in [0.4, 0.5) is 11.5 Å². The van der Waals surface area contributed by atoms with Crippen molar-refractivity contribution in [3.05, 3.63) is 50.8 Å². The molecule has 8 nitrogen and oxygen atoms in total. The number of aryl methyl sites for hydroxylation is 1. The van der Waals surface area contributed by atoms with Gasteiger partial charge in [-0.25, -0.2) is 0 Å². The molecular formula is C10H8N4O4S. The number of hydrogen-bond acceptors (Lipinski definition) is 6. The van der Waals surface area contributed by atoms with Crippen LogP contribution < -0.4 is 0 Å². The molecule has 0 unspecified atom stereocenters. The van der Waals surface area contributed by atoms with Crippen molar-refractivity contribution in [1.82, 2.24) is 9.55 Å². The van der Waals surface area contributed by atoms with Crippen molar-refractivity contribution in [3.8, 4) is 0 Å². The minimum Gasteiger partial charge on any atom is -0.358 e. The summed E-state index contributed by atoms with van der Waals surface area (Å²) in [7, 11) is 1.65. The number of nitro benzene ring substituents is 1. The third-order valence-corrected chi connectivity index (χ3v) is 3.47. The lowest BCUT2D eigenvalue weighted by molar-refractivity contribution is -0.392. The number of imidazole rings is 1. The van der Waals surface area contributed by atoms with Crippen molar-refractivity contribution in [1.29, 1.82) is 0 Å². The highest BCUT2D eigenvalue weighted by Crippen LogP contribution is 2.34. The quantitative estimate of drug-likeness (QED) is 0.629. The van der Waals surface area contributed by atoms with Crippen molar-refractivity contribution < 1.29 is 9.85 Å². The first-order valence-corrected chi connectivity index (χ1v) is 5.88. The van der Waals surface area contributed by atoms with Crippen molar-refractivity contribution in [2.75, 3.05) is 0 Å². The molecule has 2 aromatic rings. The van der Waals surface area contributed by atoms with E-state index in [0.29, 0.717) is 9.92 Å². The molecule has 0 amide bonds. The minimum atomic E-state index is -0.562. The van der Waals surface area contributed by atoms with Crippen molar-refractivity contribution >= 4 is 23.3 Å². The van der Waals surface area contributed by atoms with Gasteiger partial charge in [0, 0.05) is 24.1 Å². The monoisotopic (exact) mass is 280 g/mol. The molecule has 0 aliphatic rings. The molecule has 0 saturated carbocycles. The molecule has 0 aliphatic heterocycles. The van der Waals surface area contributed by atoms with Crippen LogP contribution >= 0.6 is 11.8 Å². The maximum atomic E-state index is 10.8. The molecule has 0 radical (unpaired) electrons. The predicted octanol–water partition coefficient (Wildman–Crippen LogP) is 2.39. The molecule has 0 aliphatic carbocycles. The maximum Gasteiger partial charge on any atom is 0.396 e. The van der Waals surface area contributed by atoms with E-state index in [2.05, 4.69) is 4.98 Å². The van der Waals surface area contributed by atoms with Gasteiger partial charge in [-0.2, -0.15) is 0 Å². The van der Waals surface area contributed by atoms with E-state index in [4.69, 9.17) is 0 Å². The first-order chi connectivity index (χ1) is 8.99. The van der Waals surface area contributed by atoms with Crippen LogP contribution in [0, 0.1) is 20.2 Å². The summed E-state index contributed by atoms with van der Waals surface area (Å²) < 4.78 is 1.53. The van der Waals surface area contributed by atoms with Gasteiger partial charge in [0.15, 0.2) is 5.03 Å². The molecule has 9 heteroatoms. The van der Waals surface area contributed by atoms with Crippen LogP contribution in [-0.2, 0) is 7.05 Å². The Kier molecular flexibility index (Phi) is 3.47. The Labute approximate surface area is 111 Å². The standard InChI is InChI=1S/C10H8N4O4S/c1-12-6-11-9(14(17)18)10(12)19-8-4-2-7(3-5-8)13(15)16/h2-6H,1H3. The summed E-state index contributed by atoms with van der Waals surface area (Å²) in [6.45, 7) is 0. The van der Waals surface area contributed by atoms with E-state index in [1.165, 1.54) is 23.0 Å². The normalized spacial score (nSPS) is 10.4. The number of non-ortho nitro benzene ring substituents is 1. The smallest absolute Gasteiger partial charge is 0.358 e. The summed E-state index contributed by atoms with van der Waals surface area (Å²) in [6, 6.07) is 5.79. The Morgan fingerprint density at radius 1 is 1.16 bits per heavy atom. The fraction of sp³-hybridized carbons (Fsp3) is 0.100. The molecule has 0 fully saturated rings. The van der Waals surface area contributed by atoms with Crippen LogP contribution in [0.5, 0.6) is 0 Å². The molecule has 1 heterocycles. The predicted molar refractivity (Wildman–Crippen MR) is 67.1 cm³/mol. The summed E-state index contributed by atoms with van der Waals surface area (Å²) >= 11 is 1.13. The third kappa shape index (κ3) is 2.71. The van der Waals surface area contributed by atoms with Gasteiger partial charge in [0.25, 0.3) is 5.69 Å². The number of hydrogen-bond donors (Lipinski definition) is 0. The molecule has 1 aromatic carbocycles. The number of nitro groups is 2. The molecule has 0 atom stereocenters. The molecule has 0 saturated heterocycles. The van der Waals surface area contributed by atoms with Gasteiger partial charge < -0.3 is 14.7 Å². The number of benzene rings is 1. The van der Waals surface area contributed by atoms with E-state index in [0.717, 1.165) is 11.8 Å². The number of nitrogens with zero attached hydrogens (tertiary/aromatic N) is 4. The van der Waals surface area contributed by atoms with Gasteiger partial charge >= 0.3 is 5.82 Å². The highest BCUT2D eigenvalue weighted by molar-refractivity contribution is 7.99. The van der Waals surface area contributed by atoms with Crippen LogP contribution in [0.25, 0.3) is 0 Å². The summed E-state index contributed by atoms with van der Waals surface area (Å²) in [5.41, 5.74) is -0.0242. The lowest BCUT2D eigenvalue weighted by Gasteiger charge is -2.01.